The number of nitrogens with two attached hydrogens (primary N) is 1. The first-order valence-electron chi connectivity index (χ1n) is 5.25. The second-order valence-corrected chi connectivity index (χ2v) is 7.04. The molecule has 0 amide bonds. The first-order valence-corrected chi connectivity index (χ1v) is 7.62. The Labute approximate surface area is 101 Å². The van der Waals surface area contributed by atoms with Crippen molar-refractivity contribution in [2.75, 3.05) is 12.3 Å². The van der Waals surface area contributed by atoms with Gasteiger partial charge in [0.1, 0.15) is 4.21 Å². The molecule has 16 heavy (non-hydrogen) atoms. The lowest BCUT2D eigenvalue weighted by molar-refractivity contribution is 0.540. The zero-order chi connectivity index (χ0) is 12.2. The number of thiophene rings is 1. The average Bonchev–Trinajstić information content (AvgIpc) is 2.60. The topological polar surface area (TPSA) is 72.2 Å². The number of anilines is 1. The van der Waals surface area contributed by atoms with Gasteiger partial charge in [-0.25, -0.2) is 13.1 Å². The zero-order valence-electron chi connectivity index (χ0n) is 9.56. The molecule has 0 spiro atoms. The third kappa shape index (κ3) is 4.11. The van der Waals surface area contributed by atoms with E-state index in [1.807, 2.05) is 0 Å². The Balaban J connectivity index is 2.47. The summed E-state index contributed by atoms with van der Waals surface area (Å²) in [6, 6.07) is 1.48. The number of nitrogens with one attached hydrogen (secondary N) is 1. The summed E-state index contributed by atoms with van der Waals surface area (Å²) < 4.78 is 26.3. The molecule has 0 aliphatic carbocycles. The molecule has 0 bridgehead atoms. The van der Waals surface area contributed by atoms with Gasteiger partial charge in [-0.05, 0) is 24.8 Å². The highest BCUT2D eigenvalue weighted by atomic mass is 32.2. The fourth-order valence-electron chi connectivity index (χ4n) is 1.26. The molecule has 0 saturated carbocycles. The van der Waals surface area contributed by atoms with E-state index in [0.29, 0.717) is 18.2 Å². The summed E-state index contributed by atoms with van der Waals surface area (Å²) in [5.74, 6) is 0.599. The second kappa shape index (κ2) is 5.65. The van der Waals surface area contributed by atoms with Gasteiger partial charge in [0.15, 0.2) is 0 Å². The van der Waals surface area contributed by atoms with E-state index in [9.17, 15) is 8.42 Å². The minimum Gasteiger partial charge on any atom is -0.398 e. The van der Waals surface area contributed by atoms with Crippen molar-refractivity contribution in [1.82, 2.24) is 4.72 Å². The van der Waals surface area contributed by atoms with Crippen molar-refractivity contribution in [3.63, 3.8) is 0 Å². The maximum Gasteiger partial charge on any atom is 0.250 e. The van der Waals surface area contributed by atoms with Gasteiger partial charge < -0.3 is 5.73 Å². The van der Waals surface area contributed by atoms with Gasteiger partial charge in [-0.2, -0.15) is 0 Å². The molecule has 0 aliphatic rings. The van der Waals surface area contributed by atoms with Crippen LogP contribution in [0.1, 0.15) is 26.7 Å². The van der Waals surface area contributed by atoms with Gasteiger partial charge in [0, 0.05) is 17.6 Å². The fraction of sp³-hybridized carbons (Fsp3) is 0.600. The van der Waals surface area contributed by atoms with E-state index in [2.05, 4.69) is 18.6 Å². The SMILES string of the molecule is CC(C)CCCNS(=O)(=O)c1cc(N)cs1. The molecule has 0 radical (unpaired) electrons. The van der Waals surface area contributed by atoms with Gasteiger partial charge in [0.05, 0.1) is 0 Å². The third-order valence-electron chi connectivity index (χ3n) is 2.11. The van der Waals surface area contributed by atoms with Crippen LogP contribution >= 0.6 is 11.3 Å². The van der Waals surface area contributed by atoms with Gasteiger partial charge >= 0.3 is 0 Å². The molecule has 0 saturated heterocycles. The number of hydrogen-bond donors (Lipinski definition) is 2. The summed E-state index contributed by atoms with van der Waals surface area (Å²) in [6.45, 7) is 4.72. The van der Waals surface area contributed by atoms with Crippen molar-refractivity contribution in [2.24, 2.45) is 5.92 Å². The highest BCUT2D eigenvalue weighted by Crippen LogP contribution is 2.21. The monoisotopic (exact) mass is 262 g/mol. The van der Waals surface area contributed by atoms with Crippen molar-refractivity contribution < 1.29 is 8.42 Å². The summed E-state index contributed by atoms with van der Waals surface area (Å²) >= 11 is 1.15. The van der Waals surface area contributed by atoms with Crippen LogP contribution < -0.4 is 10.5 Å². The van der Waals surface area contributed by atoms with Gasteiger partial charge in [-0.3, -0.25) is 0 Å². The van der Waals surface area contributed by atoms with Crippen LogP contribution in [0.15, 0.2) is 15.7 Å². The van der Waals surface area contributed by atoms with E-state index in [-0.39, 0.29) is 4.21 Å². The van der Waals surface area contributed by atoms with E-state index in [1.165, 1.54) is 6.07 Å². The molecular formula is C10H18N2O2S2. The summed E-state index contributed by atoms with van der Waals surface area (Å²) in [7, 11) is -3.35. The first-order chi connectivity index (χ1) is 7.42. The smallest absolute Gasteiger partial charge is 0.250 e. The molecule has 1 rings (SSSR count). The predicted molar refractivity (Wildman–Crippen MR) is 68.0 cm³/mol. The normalized spacial score (nSPS) is 12.2. The maximum atomic E-state index is 11.7. The van der Waals surface area contributed by atoms with Crippen molar-refractivity contribution in [1.29, 1.82) is 0 Å². The lowest BCUT2D eigenvalue weighted by atomic mass is 10.1. The molecule has 0 aliphatic heterocycles. The first kappa shape index (κ1) is 13.5. The molecular weight excluding hydrogens is 244 g/mol. The lowest BCUT2D eigenvalue weighted by Gasteiger charge is -2.06. The molecule has 1 aromatic heterocycles. The summed E-state index contributed by atoms with van der Waals surface area (Å²) in [6.07, 6.45) is 1.88. The van der Waals surface area contributed by atoms with E-state index in [0.717, 1.165) is 24.2 Å². The highest BCUT2D eigenvalue weighted by molar-refractivity contribution is 7.91. The van der Waals surface area contributed by atoms with Gasteiger partial charge in [-0.15, -0.1) is 11.3 Å². The Bertz CT molecular complexity index is 424. The molecule has 4 nitrogen and oxygen atoms in total. The predicted octanol–water partition coefficient (Wildman–Crippen LogP) is 2.04. The van der Waals surface area contributed by atoms with Crippen molar-refractivity contribution in [2.45, 2.75) is 30.9 Å². The molecule has 0 atom stereocenters. The minimum atomic E-state index is -3.35. The largest absolute Gasteiger partial charge is 0.398 e. The van der Waals surface area contributed by atoms with Crippen LogP contribution in [0.5, 0.6) is 0 Å². The molecule has 0 fully saturated rings. The molecule has 3 N–H and O–H groups in total. The van der Waals surface area contributed by atoms with Gasteiger partial charge in [0.25, 0.3) is 0 Å². The molecule has 0 aromatic carbocycles. The van der Waals surface area contributed by atoms with Crippen molar-refractivity contribution in [3.05, 3.63) is 11.4 Å². The van der Waals surface area contributed by atoms with Crippen molar-refractivity contribution >= 4 is 27.0 Å². The minimum absolute atomic E-state index is 0.287. The molecule has 1 heterocycles. The van der Waals surface area contributed by atoms with Gasteiger partial charge in [-0.1, -0.05) is 13.8 Å². The zero-order valence-corrected chi connectivity index (χ0v) is 11.2. The number of hydrogen-bond acceptors (Lipinski definition) is 4. The van der Waals surface area contributed by atoms with E-state index < -0.39 is 10.0 Å². The van der Waals surface area contributed by atoms with Gasteiger partial charge in [0.2, 0.25) is 10.0 Å². The maximum absolute atomic E-state index is 11.7. The number of sulfonamides is 1. The second-order valence-electron chi connectivity index (χ2n) is 4.13. The van der Waals surface area contributed by atoms with Crippen LogP contribution in [0.4, 0.5) is 5.69 Å². The van der Waals surface area contributed by atoms with E-state index >= 15 is 0 Å². The summed E-state index contributed by atoms with van der Waals surface area (Å²) in [5.41, 5.74) is 5.98. The Kier molecular flexibility index (Phi) is 4.76. The van der Waals surface area contributed by atoms with Crippen LogP contribution in [-0.4, -0.2) is 15.0 Å². The van der Waals surface area contributed by atoms with Crippen LogP contribution in [-0.2, 0) is 10.0 Å². The standard InChI is InChI=1S/C10H18N2O2S2/c1-8(2)4-3-5-12-16(13,14)10-6-9(11)7-15-10/h6-8,12H,3-5,11H2,1-2H3. The van der Waals surface area contributed by atoms with E-state index in [1.54, 1.807) is 5.38 Å². The number of rotatable bonds is 6. The number of nitrogen functional groups attached to an aromatic ring is 1. The van der Waals surface area contributed by atoms with Crippen LogP contribution in [0.3, 0.4) is 0 Å². The third-order valence-corrected chi connectivity index (χ3v) is 5.03. The summed E-state index contributed by atoms with van der Waals surface area (Å²) in [4.78, 5) is 0. The average molecular weight is 262 g/mol. The highest BCUT2D eigenvalue weighted by Gasteiger charge is 2.15. The fourth-order valence-corrected chi connectivity index (χ4v) is 3.46. The lowest BCUT2D eigenvalue weighted by Crippen LogP contribution is -2.24. The van der Waals surface area contributed by atoms with Crippen LogP contribution in [0, 0.1) is 5.92 Å². The van der Waals surface area contributed by atoms with Crippen LogP contribution in [0.2, 0.25) is 0 Å². The quantitative estimate of drug-likeness (QED) is 0.771. The Hall–Kier alpha value is -0.590. The Morgan fingerprint density at radius 2 is 2.19 bits per heavy atom. The Morgan fingerprint density at radius 1 is 1.50 bits per heavy atom. The van der Waals surface area contributed by atoms with Crippen molar-refractivity contribution in [3.8, 4) is 0 Å². The molecule has 92 valence electrons. The molecule has 0 unspecified atom stereocenters. The summed E-state index contributed by atoms with van der Waals surface area (Å²) in [5, 5.41) is 1.63. The molecule has 1 aromatic rings. The molecule has 6 heteroatoms. The Morgan fingerprint density at radius 3 is 2.69 bits per heavy atom. The van der Waals surface area contributed by atoms with E-state index in [4.69, 9.17) is 5.73 Å². The van der Waals surface area contributed by atoms with Crippen LogP contribution in [0.25, 0.3) is 0 Å².